The van der Waals surface area contributed by atoms with Crippen molar-refractivity contribution in [1.29, 1.82) is 0 Å². The van der Waals surface area contributed by atoms with Gasteiger partial charge in [0, 0.05) is 6.61 Å². The van der Waals surface area contributed by atoms with Crippen LogP contribution in [0.15, 0.2) is 72.8 Å². The average molecular weight is 381 g/mol. The molecule has 2 aromatic rings. The predicted octanol–water partition coefficient (Wildman–Crippen LogP) is 4.69. The Morgan fingerprint density at radius 3 is 1.93 bits per heavy atom. The van der Waals surface area contributed by atoms with Gasteiger partial charge in [-0.15, -0.1) is 0 Å². The number of allylic oxidation sites excluding steroid dienone is 1. The van der Waals surface area contributed by atoms with Crippen LogP contribution in [-0.4, -0.2) is 27.6 Å². The van der Waals surface area contributed by atoms with Crippen LogP contribution >= 0.6 is 0 Å². The summed E-state index contributed by atoms with van der Waals surface area (Å²) in [6, 6.07) is 21.7. The van der Waals surface area contributed by atoms with E-state index in [1.165, 1.54) is 10.4 Å². The first-order valence-electron chi connectivity index (χ1n) is 10.1. The summed E-state index contributed by atoms with van der Waals surface area (Å²) >= 11 is 0. The first kappa shape index (κ1) is 20.1. The zero-order valence-electron chi connectivity index (χ0n) is 16.9. The normalized spacial score (nSPS) is 17.4. The first-order chi connectivity index (χ1) is 13.0. The van der Waals surface area contributed by atoms with E-state index in [1.54, 1.807) is 0 Å². The van der Waals surface area contributed by atoms with Crippen LogP contribution in [0, 0.1) is 0 Å². The molecule has 3 rings (SSSR count). The van der Waals surface area contributed by atoms with Gasteiger partial charge in [0.1, 0.15) is 0 Å². The lowest BCUT2D eigenvalue weighted by Crippen LogP contribution is -2.66. The molecular weight excluding hydrogens is 348 g/mol. The highest BCUT2D eigenvalue weighted by Gasteiger charge is 2.49. The fourth-order valence-corrected chi connectivity index (χ4v) is 8.37. The molecule has 0 amide bonds. The molecule has 0 radical (unpaired) electrons. The largest absolute Gasteiger partial charge is 0.407 e. The van der Waals surface area contributed by atoms with Crippen molar-refractivity contribution in [2.24, 2.45) is 0 Å². The topological polar surface area (TPSA) is 21.8 Å². The summed E-state index contributed by atoms with van der Waals surface area (Å²) < 4.78 is 12.1. The highest BCUT2D eigenvalue weighted by molar-refractivity contribution is 6.99. The van der Waals surface area contributed by atoms with Gasteiger partial charge < -0.3 is 9.16 Å². The molecule has 2 aromatic carbocycles. The Kier molecular flexibility index (Phi) is 6.69. The van der Waals surface area contributed by atoms with Crippen molar-refractivity contribution in [3.63, 3.8) is 0 Å². The Hall–Kier alpha value is -1.68. The Morgan fingerprint density at radius 2 is 1.44 bits per heavy atom. The number of hydrogen-bond acceptors (Lipinski definition) is 2. The fourth-order valence-electron chi connectivity index (χ4n) is 3.79. The Labute approximate surface area is 165 Å². The van der Waals surface area contributed by atoms with Crippen LogP contribution in [0.2, 0.25) is 5.04 Å². The summed E-state index contributed by atoms with van der Waals surface area (Å²) in [5.41, 5.74) is 0. The number of epoxide rings is 1. The molecule has 0 unspecified atom stereocenters. The highest BCUT2D eigenvalue weighted by atomic mass is 28.4. The van der Waals surface area contributed by atoms with Gasteiger partial charge in [-0.25, -0.2) is 0 Å². The maximum atomic E-state index is 6.87. The van der Waals surface area contributed by atoms with E-state index in [9.17, 15) is 0 Å². The number of benzene rings is 2. The molecule has 1 atom stereocenters. The molecule has 0 aromatic heterocycles. The second kappa shape index (κ2) is 9.00. The lowest BCUT2D eigenvalue weighted by atomic mass is 10.2. The van der Waals surface area contributed by atoms with Gasteiger partial charge in [0.15, 0.2) is 0 Å². The zero-order valence-corrected chi connectivity index (χ0v) is 17.9. The Bertz CT molecular complexity index is 676. The molecule has 1 aliphatic rings. The van der Waals surface area contributed by atoms with Gasteiger partial charge in [0.2, 0.25) is 0 Å². The molecule has 1 fully saturated rings. The molecule has 144 valence electrons. The third-order valence-electron chi connectivity index (χ3n) is 5.24. The minimum absolute atomic E-state index is 0.0444. The van der Waals surface area contributed by atoms with Crippen LogP contribution < -0.4 is 10.4 Å². The van der Waals surface area contributed by atoms with Crippen molar-refractivity contribution >= 4 is 18.7 Å². The smallest absolute Gasteiger partial charge is 0.261 e. The number of rotatable bonds is 9. The third kappa shape index (κ3) is 4.98. The van der Waals surface area contributed by atoms with Crippen LogP contribution in [0.4, 0.5) is 0 Å². The van der Waals surface area contributed by atoms with E-state index in [4.69, 9.17) is 9.16 Å². The van der Waals surface area contributed by atoms with Crippen LogP contribution in [0.5, 0.6) is 0 Å². The Balaban J connectivity index is 1.78. The summed E-state index contributed by atoms with van der Waals surface area (Å²) in [4.78, 5) is 0. The van der Waals surface area contributed by atoms with E-state index in [0.29, 0.717) is 6.10 Å². The van der Waals surface area contributed by atoms with Gasteiger partial charge in [0.05, 0.1) is 12.7 Å². The van der Waals surface area contributed by atoms with Gasteiger partial charge >= 0.3 is 0 Å². The molecular formula is C24H32O2Si. The molecule has 1 heterocycles. The molecule has 0 bridgehead atoms. The highest BCUT2D eigenvalue weighted by Crippen LogP contribution is 2.36. The van der Waals surface area contributed by atoms with E-state index in [1.807, 2.05) is 0 Å². The summed E-state index contributed by atoms with van der Waals surface area (Å²) in [6.45, 7) is 8.68. The molecule has 1 aliphatic heterocycles. The zero-order chi connectivity index (χ0) is 19.2. The van der Waals surface area contributed by atoms with Gasteiger partial charge in [-0.1, -0.05) is 93.6 Å². The standard InChI is InChI=1S/C24H32O2Si/c1-24(2,3)27(22-15-9-6-10-16-22,23-17-11-7-12-18-23)26-19-13-5-4-8-14-21-20-25-21/h4-7,9-12,15-18,21H,8,13-14,19-20H2,1-3H3/b5-4-/t21-/m1/s1. The average Bonchev–Trinajstić information content (AvgIpc) is 3.49. The summed E-state index contributed by atoms with van der Waals surface area (Å²) in [6.07, 6.45) is 8.26. The molecule has 0 aliphatic carbocycles. The van der Waals surface area contributed by atoms with Crippen LogP contribution in [0.25, 0.3) is 0 Å². The van der Waals surface area contributed by atoms with E-state index in [-0.39, 0.29) is 5.04 Å². The van der Waals surface area contributed by atoms with Crippen molar-refractivity contribution in [2.75, 3.05) is 13.2 Å². The van der Waals surface area contributed by atoms with Crippen LogP contribution in [0.1, 0.15) is 40.0 Å². The van der Waals surface area contributed by atoms with Gasteiger partial charge in [0.25, 0.3) is 8.32 Å². The van der Waals surface area contributed by atoms with E-state index in [2.05, 4.69) is 93.6 Å². The van der Waals surface area contributed by atoms with E-state index in [0.717, 1.165) is 32.5 Å². The summed E-state index contributed by atoms with van der Waals surface area (Å²) in [7, 11) is -2.38. The SMILES string of the molecule is CC(C)(C)[Si](OCC/C=C\CC[C@@H]1CO1)(c1ccccc1)c1ccccc1. The molecule has 2 nitrogen and oxygen atoms in total. The first-order valence-corrected chi connectivity index (χ1v) is 12.0. The number of ether oxygens (including phenoxy) is 1. The Morgan fingerprint density at radius 1 is 0.926 bits per heavy atom. The molecule has 3 heteroatoms. The van der Waals surface area contributed by atoms with Crippen molar-refractivity contribution in [1.82, 2.24) is 0 Å². The van der Waals surface area contributed by atoms with Crippen LogP contribution in [-0.2, 0) is 9.16 Å². The van der Waals surface area contributed by atoms with Gasteiger partial charge in [-0.2, -0.15) is 0 Å². The quantitative estimate of drug-likeness (QED) is 0.272. The minimum Gasteiger partial charge on any atom is -0.407 e. The van der Waals surface area contributed by atoms with Crippen molar-refractivity contribution in [2.45, 2.75) is 51.2 Å². The van der Waals surface area contributed by atoms with Gasteiger partial charge in [-0.05, 0) is 34.7 Å². The van der Waals surface area contributed by atoms with E-state index >= 15 is 0 Å². The molecule has 27 heavy (non-hydrogen) atoms. The monoisotopic (exact) mass is 380 g/mol. The molecule has 0 spiro atoms. The number of hydrogen-bond donors (Lipinski definition) is 0. The van der Waals surface area contributed by atoms with Crippen molar-refractivity contribution in [3.8, 4) is 0 Å². The fraction of sp³-hybridized carbons (Fsp3) is 0.417. The summed E-state index contributed by atoms with van der Waals surface area (Å²) in [5, 5.41) is 2.74. The molecule has 0 N–H and O–H groups in total. The second-order valence-corrected chi connectivity index (χ2v) is 12.6. The van der Waals surface area contributed by atoms with E-state index < -0.39 is 8.32 Å². The second-order valence-electron chi connectivity index (χ2n) is 8.30. The molecule has 1 saturated heterocycles. The lowest BCUT2D eigenvalue weighted by molar-refractivity contribution is 0.304. The maximum absolute atomic E-state index is 6.87. The van der Waals surface area contributed by atoms with Crippen molar-refractivity contribution < 1.29 is 9.16 Å². The molecule has 0 saturated carbocycles. The minimum atomic E-state index is -2.38. The van der Waals surface area contributed by atoms with Crippen molar-refractivity contribution in [3.05, 3.63) is 72.8 Å². The lowest BCUT2D eigenvalue weighted by Gasteiger charge is -2.43. The van der Waals surface area contributed by atoms with Gasteiger partial charge in [-0.3, -0.25) is 0 Å². The van der Waals surface area contributed by atoms with Crippen LogP contribution in [0.3, 0.4) is 0 Å². The third-order valence-corrected chi connectivity index (χ3v) is 10.3. The predicted molar refractivity (Wildman–Crippen MR) is 116 cm³/mol. The summed E-state index contributed by atoms with van der Waals surface area (Å²) in [5.74, 6) is 0. The maximum Gasteiger partial charge on any atom is 0.261 e.